The Kier molecular flexibility index (Phi) is 5.74. The van der Waals surface area contributed by atoms with Crippen LogP contribution in [0, 0.1) is 6.92 Å². The van der Waals surface area contributed by atoms with Crippen LogP contribution in [0.15, 0.2) is 30.3 Å². The van der Waals surface area contributed by atoms with Crippen LogP contribution >= 0.6 is 0 Å². The molecule has 6 nitrogen and oxygen atoms in total. The molecule has 0 aliphatic carbocycles. The van der Waals surface area contributed by atoms with E-state index in [1.165, 1.54) is 25.3 Å². The molecule has 30 heavy (non-hydrogen) atoms. The molecule has 1 unspecified atom stereocenters. The number of amides is 2. The molecule has 1 aliphatic rings. The van der Waals surface area contributed by atoms with Crippen LogP contribution in [0.3, 0.4) is 0 Å². The Balaban J connectivity index is 2.03. The molecule has 3 rings (SSSR count). The van der Waals surface area contributed by atoms with E-state index in [9.17, 15) is 18.0 Å². The topological polar surface area (TPSA) is 54.0 Å². The number of hydrogen-bond donors (Lipinski definition) is 1. The number of hydrogen-bond acceptors (Lipinski definition) is 4. The predicted molar refractivity (Wildman–Crippen MR) is 110 cm³/mol. The van der Waals surface area contributed by atoms with E-state index in [0.29, 0.717) is 23.6 Å². The molecule has 2 aromatic rings. The summed E-state index contributed by atoms with van der Waals surface area (Å²) < 4.78 is 54.9. The summed E-state index contributed by atoms with van der Waals surface area (Å²) in [7, 11) is 4.95. The van der Waals surface area contributed by atoms with Gasteiger partial charge in [0, 0.05) is 19.7 Å². The maximum Gasteiger partial charge on any atom is 0.368 e. The molecule has 2 amide bonds. The highest BCUT2D eigenvalue weighted by Gasteiger charge is 2.57. The molecular formula is C21H24F3N3O3. The third-order valence-corrected chi connectivity index (χ3v) is 4.87. The molecule has 0 saturated carbocycles. The zero-order valence-electron chi connectivity index (χ0n) is 17.4. The Bertz CT molecular complexity index is 966. The fourth-order valence-corrected chi connectivity index (χ4v) is 3.45. The highest BCUT2D eigenvalue weighted by molar-refractivity contribution is 6.05. The lowest BCUT2D eigenvalue weighted by Crippen LogP contribution is -2.46. The standard InChI is InChI=1S/C21H24F3N3O3/c1-6-30-18-14(8-7-9-15(18)26(3)4)25-20(28)27-16-10-12(2)17(29-5)11-13(16)19(22)21(27,23)24/h7-11,19H,6H2,1-5H3,(H,25,28). The van der Waals surface area contributed by atoms with Crippen molar-refractivity contribution in [2.45, 2.75) is 26.1 Å². The molecule has 2 aromatic carbocycles. The normalized spacial score (nSPS) is 16.8. The van der Waals surface area contributed by atoms with E-state index >= 15 is 0 Å². The van der Waals surface area contributed by atoms with Crippen LogP contribution in [0.1, 0.15) is 24.2 Å². The lowest BCUT2D eigenvalue weighted by atomic mass is 10.1. The SMILES string of the molecule is CCOc1c(NC(=O)N2c3cc(C)c(OC)cc3C(F)C2(F)F)cccc1N(C)C. The smallest absolute Gasteiger partial charge is 0.368 e. The summed E-state index contributed by atoms with van der Waals surface area (Å²) in [6.45, 7) is 3.71. The number of alkyl halides is 3. The van der Waals surface area contributed by atoms with Gasteiger partial charge in [0.1, 0.15) is 5.75 Å². The Morgan fingerprint density at radius 2 is 2.00 bits per heavy atom. The van der Waals surface area contributed by atoms with Crippen LogP contribution in [0.2, 0.25) is 0 Å². The third-order valence-electron chi connectivity index (χ3n) is 4.87. The van der Waals surface area contributed by atoms with Crippen LogP contribution in [0.25, 0.3) is 0 Å². The largest absolute Gasteiger partial charge is 0.496 e. The number of ether oxygens (including phenoxy) is 2. The first-order valence-corrected chi connectivity index (χ1v) is 9.38. The van der Waals surface area contributed by atoms with Gasteiger partial charge in [-0.2, -0.15) is 8.78 Å². The molecule has 0 bridgehead atoms. The monoisotopic (exact) mass is 423 g/mol. The minimum Gasteiger partial charge on any atom is -0.496 e. The van der Waals surface area contributed by atoms with Crippen molar-refractivity contribution in [1.29, 1.82) is 0 Å². The van der Waals surface area contributed by atoms with Gasteiger partial charge in [-0.15, -0.1) is 0 Å². The van der Waals surface area contributed by atoms with Crippen molar-refractivity contribution in [3.63, 3.8) is 0 Å². The number of aryl methyl sites for hydroxylation is 1. The fraction of sp³-hybridized carbons (Fsp3) is 0.381. The summed E-state index contributed by atoms with van der Waals surface area (Å²) in [5.41, 5.74) is 0.864. The van der Waals surface area contributed by atoms with Gasteiger partial charge < -0.3 is 19.7 Å². The predicted octanol–water partition coefficient (Wildman–Crippen LogP) is 5.12. The molecule has 1 N–H and O–H groups in total. The molecule has 0 fully saturated rings. The highest BCUT2D eigenvalue weighted by Crippen LogP contribution is 2.52. The Hall–Kier alpha value is -3.10. The van der Waals surface area contributed by atoms with Gasteiger partial charge in [-0.05, 0) is 43.7 Å². The van der Waals surface area contributed by atoms with Crippen molar-refractivity contribution in [1.82, 2.24) is 0 Å². The number of methoxy groups -OCH3 is 1. The van der Waals surface area contributed by atoms with Crippen molar-refractivity contribution >= 4 is 23.1 Å². The maximum absolute atomic E-state index is 14.8. The number of halogens is 3. The Morgan fingerprint density at radius 1 is 1.30 bits per heavy atom. The quantitative estimate of drug-likeness (QED) is 0.678. The number of nitrogens with zero attached hydrogens (tertiary/aromatic N) is 2. The number of anilines is 3. The molecule has 0 saturated heterocycles. The number of carbonyl (C=O) groups is 1. The van der Waals surface area contributed by atoms with Crippen LogP contribution in [0.5, 0.6) is 11.5 Å². The molecule has 1 atom stereocenters. The number of urea groups is 1. The van der Waals surface area contributed by atoms with E-state index in [2.05, 4.69) is 5.32 Å². The molecule has 1 aliphatic heterocycles. The highest BCUT2D eigenvalue weighted by atomic mass is 19.3. The average Bonchev–Trinajstić information content (AvgIpc) is 2.87. The van der Waals surface area contributed by atoms with Crippen LogP contribution in [0.4, 0.5) is 35.0 Å². The number of para-hydroxylation sites is 1. The van der Waals surface area contributed by atoms with Crippen molar-refractivity contribution in [2.24, 2.45) is 0 Å². The first kappa shape index (κ1) is 21.6. The van der Waals surface area contributed by atoms with Gasteiger partial charge in [-0.1, -0.05) is 6.07 Å². The molecule has 1 heterocycles. The van der Waals surface area contributed by atoms with Crippen LogP contribution < -0.4 is 24.6 Å². The van der Waals surface area contributed by atoms with Crippen LogP contribution in [-0.4, -0.2) is 39.9 Å². The lowest BCUT2D eigenvalue weighted by molar-refractivity contribution is -0.0566. The molecule has 162 valence electrons. The summed E-state index contributed by atoms with van der Waals surface area (Å²) in [5.74, 6) is 0.607. The van der Waals surface area contributed by atoms with E-state index < -0.39 is 18.2 Å². The number of rotatable bonds is 5. The Morgan fingerprint density at radius 3 is 2.60 bits per heavy atom. The van der Waals surface area contributed by atoms with Gasteiger partial charge in [0.25, 0.3) is 0 Å². The van der Waals surface area contributed by atoms with E-state index in [-0.39, 0.29) is 27.6 Å². The minimum atomic E-state index is -4.06. The van der Waals surface area contributed by atoms with Gasteiger partial charge in [0.15, 0.2) is 5.75 Å². The second-order valence-corrected chi connectivity index (χ2v) is 7.08. The van der Waals surface area contributed by atoms with Gasteiger partial charge in [-0.3, -0.25) is 0 Å². The zero-order valence-corrected chi connectivity index (χ0v) is 17.4. The number of carbonyl (C=O) groups excluding carboxylic acids is 1. The number of fused-ring (bicyclic) bond motifs is 1. The minimum absolute atomic E-state index is 0.150. The van der Waals surface area contributed by atoms with E-state index in [4.69, 9.17) is 9.47 Å². The summed E-state index contributed by atoms with van der Waals surface area (Å²) in [5, 5.41) is 2.46. The zero-order chi connectivity index (χ0) is 22.2. The molecule has 0 radical (unpaired) electrons. The molecular weight excluding hydrogens is 399 g/mol. The van der Waals surface area contributed by atoms with Crippen molar-refractivity contribution in [2.75, 3.05) is 42.9 Å². The van der Waals surface area contributed by atoms with Crippen molar-refractivity contribution in [3.05, 3.63) is 41.5 Å². The van der Waals surface area contributed by atoms with Crippen molar-refractivity contribution in [3.8, 4) is 11.5 Å². The Labute approximate surface area is 173 Å². The van der Waals surface area contributed by atoms with Gasteiger partial charge in [0.2, 0.25) is 6.17 Å². The number of nitrogens with one attached hydrogen (secondary N) is 1. The maximum atomic E-state index is 14.8. The van der Waals surface area contributed by atoms with Crippen LogP contribution in [-0.2, 0) is 0 Å². The fourth-order valence-electron chi connectivity index (χ4n) is 3.45. The van der Waals surface area contributed by atoms with E-state index in [0.717, 1.165) is 0 Å². The van der Waals surface area contributed by atoms with Gasteiger partial charge in [0.05, 0.1) is 30.8 Å². The summed E-state index contributed by atoms with van der Waals surface area (Å²) in [4.78, 5) is 14.8. The first-order chi connectivity index (χ1) is 14.1. The van der Waals surface area contributed by atoms with Gasteiger partial charge in [-0.25, -0.2) is 14.1 Å². The summed E-state index contributed by atoms with van der Waals surface area (Å²) in [6.07, 6.45) is -2.67. The summed E-state index contributed by atoms with van der Waals surface area (Å²) in [6, 6.07) is 2.27. The second kappa shape index (κ2) is 7.97. The molecule has 9 heteroatoms. The van der Waals surface area contributed by atoms with E-state index in [1.807, 2.05) is 0 Å². The van der Waals surface area contributed by atoms with E-state index in [1.54, 1.807) is 45.0 Å². The average molecular weight is 423 g/mol. The molecule has 0 spiro atoms. The second-order valence-electron chi connectivity index (χ2n) is 7.08. The van der Waals surface area contributed by atoms with Crippen molar-refractivity contribution < 1.29 is 27.4 Å². The van der Waals surface area contributed by atoms with Gasteiger partial charge >= 0.3 is 12.1 Å². The first-order valence-electron chi connectivity index (χ1n) is 9.38. The third kappa shape index (κ3) is 3.48. The number of benzene rings is 2. The summed E-state index contributed by atoms with van der Waals surface area (Å²) >= 11 is 0. The lowest BCUT2D eigenvalue weighted by Gasteiger charge is -2.27. The molecule has 0 aromatic heterocycles.